The molecule has 5 nitrogen and oxygen atoms in total. The highest BCUT2D eigenvalue weighted by molar-refractivity contribution is 5.66. The lowest BCUT2D eigenvalue weighted by atomic mass is 9.74. The molecule has 2 aromatic rings. The molecule has 0 bridgehead atoms. The first-order valence-corrected chi connectivity index (χ1v) is 12.1. The fourth-order valence-corrected chi connectivity index (χ4v) is 6.04. The van der Waals surface area contributed by atoms with Crippen LogP contribution in [0.3, 0.4) is 0 Å². The van der Waals surface area contributed by atoms with E-state index in [1.807, 2.05) is 45.0 Å². The summed E-state index contributed by atoms with van der Waals surface area (Å²) >= 11 is 0. The number of pyridine rings is 1. The summed E-state index contributed by atoms with van der Waals surface area (Å²) in [5.41, 5.74) is 2.09. The Hall–Kier alpha value is -2.73. The Bertz CT molecular complexity index is 1030. The van der Waals surface area contributed by atoms with Crippen molar-refractivity contribution in [1.82, 2.24) is 9.88 Å². The van der Waals surface area contributed by atoms with Crippen LogP contribution in [0.15, 0.2) is 48.7 Å². The first-order valence-electron chi connectivity index (χ1n) is 12.1. The van der Waals surface area contributed by atoms with Crippen molar-refractivity contribution in [3.8, 4) is 11.1 Å². The molecule has 34 heavy (non-hydrogen) atoms. The van der Waals surface area contributed by atoms with Crippen molar-refractivity contribution in [3.05, 3.63) is 60.2 Å². The van der Waals surface area contributed by atoms with Crippen molar-refractivity contribution in [1.29, 1.82) is 0 Å². The second-order valence-electron chi connectivity index (χ2n) is 10.6. The summed E-state index contributed by atoms with van der Waals surface area (Å²) in [5, 5.41) is 9.90. The second kappa shape index (κ2) is 9.87. The van der Waals surface area contributed by atoms with Crippen LogP contribution < -0.4 is 0 Å². The molecule has 0 unspecified atom stereocenters. The first-order chi connectivity index (χ1) is 16.2. The number of aromatic nitrogens is 1. The van der Waals surface area contributed by atoms with E-state index in [1.54, 1.807) is 24.3 Å². The molecule has 1 N–H and O–H groups in total. The molecule has 2 saturated carbocycles. The number of benzene rings is 1. The summed E-state index contributed by atoms with van der Waals surface area (Å²) in [6, 6.07) is 10.4. The Morgan fingerprint density at radius 2 is 1.97 bits per heavy atom. The lowest BCUT2D eigenvalue weighted by Crippen LogP contribution is -2.53. The smallest absolute Gasteiger partial charge is 0.407 e. The van der Waals surface area contributed by atoms with Crippen LogP contribution in [0.1, 0.15) is 52.1 Å². The number of nitrogens with zero attached hydrogens (tertiary/aromatic N) is 2. The maximum absolute atomic E-state index is 13.5. The predicted octanol–water partition coefficient (Wildman–Crippen LogP) is 6.50. The Balaban J connectivity index is 1.51. The highest BCUT2D eigenvalue weighted by Crippen LogP contribution is 2.49. The number of hydrogen-bond acceptors (Lipinski definition) is 3. The lowest BCUT2D eigenvalue weighted by molar-refractivity contribution is 0.0336. The quantitative estimate of drug-likeness (QED) is 0.546. The molecule has 2 aliphatic carbocycles. The molecule has 1 amide bonds. The maximum atomic E-state index is 13.5. The molecule has 182 valence electrons. The van der Waals surface area contributed by atoms with Gasteiger partial charge in [0.1, 0.15) is 5.82 Å². The van der Waals surface area contributed by atoms with Crippen molar-refractivity contribution in [3.63, 3.8) is 0 Å². The summed E-state index contributed by atoms with van der Waals surface area (Å²) in [5.74, 6) is 0.894. The third kappa shape index (κ3) is 5.17. The maximum Gasteiger partial charge on any atom is 0.407 e. The van der Waals surface area contributed by atoms with E-state index in [9.17, 15) is 14.3 Å². The van der Waals surface area contributed by atoms with E-state index in [0.29, 0.717) is 11.8 Å². The fourth-order valence-electron chi connectivity index (χ4n) is 6.04. The number of amides is 1. The van der Waals surface area contributed by atoms with Gasteiger partial charge in [-0.2, -0.15) is 0 Å². The van der Waals surface area contributed by atoms with Gasteiger partial charge in [0.05, 0.1) is 11.8 Å². The Morgan fingerprint density at radius 3 is 2.59 bits per heavy atom. The largest absolute Gasteiger partial charge is 0.465 e. The van der Waals surface area contributed by atoms with Gasteiger partial charge in [0.2, 0.25) is 0 Å². The molecule has 2 fully saturated rings. The monoisotopic (exact) mass is 466 g/mol. The van der Waals surface area contributed by atoms with E-state index in [2.05, 4.69) is 11.1 Å². The number of methoxy groups -OCH3 is 1. The zero-order valence-corrected chi connectivity index (χ0v) is 20.4. The summed E-state index contributed by atoms with van der Waals surface area (Å²) in [4.78, 5) is 18.3. The minimum Gasteiger partial charge on any atom is -0.465 e. The number of halogens is 1. The average molecular weight is 467 g/mol. The predicted molar refractivity (Wildman–Crippen MR) is 132 cm³/mol. The molecule has 4 rings (SSSR count). The molecule has 5 atom stereocenters. The number of fused-ring (bicyclic) bond motifs is 1. The van der Waals surface area contributed by atoms with Gasteiger partial charge >= 0.3 is 6.09 Å². The Morgan fingerprint density at radius 1 is 1.18 bits per heavy atom. The average Bonchev–Trinajstić information content (AvgIpc) is 3.14. The summed E-state index contributed by atoms with van der Waals surface area (Å²) in [7, 11) is 1.77. The topological polar surface area (TPSA) is 62.7 Å². The first kappa shape index (κ1) is 24.4. The van der Waals surface area contributed by atoms with Crippen molar-refractivity contribution >= 4 is 12.2 Å². The van der Waals surface area contributed by atoms with E-state index < -0.39 is 11.6 Å². The number of carbonyl (C=O) groups is 1. The van der Waals surface area contributed by atoms with Crippen LogP contribution in [0.25, 0.3) is 17.2 Å². The molecule has 2 aliphatic rings. The normalized spacial score (nSPS) is 27.0. The van der Waals surface area contributed by atoms with Gasteiger partial charge in [0.15, 0.2) is 0 Å². The van der Waals surface area contributed by atoms with E-state index in [4.69, 9.17) is 4.74 Å². The van der Waals surface area contributed by atoms with Crippen molar-refractivity contribution < 1.29 is 19.0 Å². The molecule has 6 heteroatoms. The molecule has 0 radical (unpaired) electrons. The highest BCUT2D eigenvalue weighted by atomic mass is 19.1. The Kier molecular flexibility index (Phi) is 7.08. The van der Waals surface area contributed by atoms with Gasteiger partial charge in [-0.25, -0.2) is 9.18 Å². The number of carboxylic acid groups (broad SMARTS) is 1. The molecule has 0 saturated heterocycles. The van der Waals surface area contributed by atoms with Gasteiger partial charge in [0.25, 0.3) is 0 Å². The van der Waals surface area contributed by atoms with E-state index in [-0.39, 0.29) is 23.9 Å². The SMILES string of the molecule is CO[C@H]1C[C@H]2CC[C@@H](N(C(=O)O)C(C)(C)C)C[C@H]2[C@@H]1C=Cc1ccc(-c2cccc(F)c2)cn1. The van der Waals surface area contributed by atoms with Crippen molar-refractivity contribution in [2.75, 3.05) is 7.11 Å². The molecule has 1 aromatic heterocycles. The van der Waals surface area contributed by atoms with E-state index in [1.165, 1.54) is 12.1 Å². The van der Waals surface area contributed by atoms with Crippen LogP contribution in [-0.2, 0) is 4.74 Å². The molecule has 1 heterocycles. The van der Waals surface area contributed by atoms with Crippen LogP contribution in [0, 0.1) is 23.6 Å². The number of ether oxygens (including phenoxy) is 1. The van der Waals surface area contributed by atoms with Gasteiger partial charge in [-0.15, -0.1) is 0 Å². The van der Waals surface area contributed by atoms with Gasteiger partial charge in [-0.1, -0.05) is 24.3 Å². The third-order valence-electron chi connectivity index (χ3n) is 7.51. The van der Waals surface area contributed by atoms with Crippen LogP contribution in [0.2, 0.25) is 0 Å². The van der Waals surface area contributed by atoms with E-state index in [0.717, 1.165) is 42.5 Å². The van der Waals surface area contributed by atoms with Crippen LogP contribution in [0.4, 0.5) is 9.18 Å². The molecule has 1 aromatic carbocycles. The molecular weight excluding hydrogens is 431 g/mol. The fraction of sp³-hybridized carbons (Fsp3) is 0.500. The second-order valence-corrected chi connectivity index (χ2v) is 10.6. The molecule has 0 aliphatic heterocycles. The number of rotatable bonds is 5. The zero-order valence-electron chi connectivity index (χ0n) is 20.4. The van der Waals surface area contributed by atoms with Gasteiger partial charge in [-0.3, -0.25) is 4.98 Å². The zero-order chi connectivity index (χ0) is 24.5. The summed E-state index contributed by atoms with van der Waals surface area (Å²) < 4.78 is 19.4. The minimum atomic E-state index is -0.841. The molecular formula is C28H35FN2O3. The molecule has 0 spiro atoms. The van der Waals surface area contributed by atoms with Crippen molar-refractivity contribution in [2.24, 2.45) is 17.8 Å². The number of hydrogen-bond donors (Lipinski definition) is 1. The highest BCUT2D eigenvalue weighted by Gasteiger charge is 2.47. The third-order valence-corrected chi connectivity index (χ3v) is 7.51. The van der Waals surface area contributed by atoms with Crippen molar-refractivity contribution in [2.45, 2.75) is 64.1 Å². The van der Waals surface area contributed by atoms with Crippen LogP contribution >= 0.6 is 0 Å². The summed E-state index contributed by atoms with van der Waals surface area (Å²) in [6.07, 6.45) is 9.10. The van der Waals surface area contributed by atoms with Crippen LogP contribution in [-0.4, -0.2) is 45.9 Å². The lowest BCUT2D eigenvalue weighted by Gasteiger charge is -2.44. The van der Waals surface area contributed by atoms with Gasteiger partial charge in [-0.05, 0) is 88.1 Å². The van der Waals surface area contributed by atoms with Crippen LogP contribution in [0.5, 0.6) is 0 Å². The Labute approximate surface area is 201 Å². The standard InChI is InChI=1S/C28H35FN2O3/c1-28(2,3)31(27(32)33)23-12-9-19-15-26(34-4)24(25(19)16-23)13-11-22-10-8-20(17-30-22)18-6-5-7-21(29)14-18/h5-8,10-11,13-14,17,19,23-26H,9,12,15-16H2,1-4H3,(H,32,33)/t19-,23-,24+,25-,26+/m1/s1. The van der Waals surface area contributed by atoms with Gasteiger partial charge < -0.3 is 14.7 Å². The van der Waals surface area contributed by atoms with E-state index >= 15 is 0 Å². The summed E-state index contributed by atoms with van der Waals surface area (Å²) in [6.45, 7) is 5.91. The van der Waals surface area contributed by atoms with Gasteiger partial charge in [0, 0.05) is 36.4 Å². The minimum absolute atomic E-state index is 0.0222.